The fraction of sp³-hybridized carbons (Fsp3) is 0.312. The van der Waals surface area contributed by atoms with Crippen LogP contribution in [-0.4, -0.2) is 15.7 Å². The Morgan fingerprint density at radius 2 is 2.00 bits per heavy atom. The highest BCUT2D eigenvalue weighted by atomic mass is 35.5. The van der Waals surface area contributed by atoms with Gasteiger partial charge in [-0.3, -0.25) is 9.48 Å². The van der Waals surface area contributed by atoms with Crippen LogP contribution in [0.3, 0.4) is 0 Å². The third-order valence-corrected chi connectivity index (χ3v) is 4.04. The summed E-state index contributed by atoms with van der Waals surface area (Å²) < 4.78 is 40.4. The zero-order valence-corrected chi connectivity index (χ0v) is 14.3. The van der Waals surface area contributed by atoms with Crippen LogP contribution in [0.1, 0.15) is 30.5 Å². The van der Waals surface area contributed by atoms with Crippen molar-refractivity contribution in [2.45, 2.75) is 32.5 Å². The van der Waals surface area contributed by atoms with Crippen LogP contribution >= 0.6 is 11.6 Å². The number of nitriles is 1. The van der Waals surface area contributed by atoms with Gasteiger partial charge in [0.15, 0.2) is 5.15 Å². The molecule has 1 aromatic carbocycles. The first-order valence-electron chi connectivity index (χ1n) is 7.12. The lowest BCUT2D eigenvalue weighted by atomic mass is 10.0. The molecular formula is C16H14ClF3N4O. The number of benzene rings is 1. The summed E-state index contributed by atoms with van der Waals surface area (Å²) in [5, 5.41) is 15.5. The first-order chi connectivity index (χ1) is 11.5. The number of halogens is 4. The number of nitrogens with one attached hydrogen (secondary N) is 1. The monoisotopic (exact) mass is 370 g/mol. The minimum absolute atomic E-state index is 0.0700. The molecule has 2 rings (SSSR count). The first kappa shape index (κ1) is 18.8. The molecular weight excluding hydrogens is 357 g/mol. The van der Waals surface area contributed by atoms with Crippen LogP contribution < -0.4 is 5.32 Å². The Morgan fingerprint density at radius 1 is 1.36 bits per heavy atom. The van der Waals surface area contributed by atoms with E-state index >= 15 is 0 Å². The molecule has 0 aliphatic carbocycles. The Labute approximate surface area is 147 Å². The van der Waals surface area contributed by atoms with Crippen LogP contribution in [0.4, 0.5) is 18.9 Å². The summed E-state index contributed by atoms with van der Waals surface area (Å²) in [6, 6.07) is 4.47. The smallest absolute Gasteiger partial charge is 0.324 e. The molecule has 0 bridgehead atoms. The lowest BCUT2D eigenvalue weighted by molar-refractivity contribution is -0.137. The molecule has 0 radical (unpaired) electrons. The van der Waals surface area contributed by atoms with Crippen molar-refractivity contribution in [3.63, 3.8) is 0 Å². The summed E-state index contributed by atoms with van der Waals surface area (Å²) in [4.78, 5) is 12.5. The van der Waals surface area contributed by atoms with Crippen LogP contribution in [0.15, 0.2) is 24.4 Å². The van der Waals surface area contributed by atoms with Crippen molar-refractivity contribution >= 4 is 23.2 Å². The van der Waals surface area contributed by atoms with E-state index in [9.17, 15) is 18.0 Å². The zero-order chi connectivity index (χ0) is 19.0. The third-order valence-electron chi connectivity index (χ3n) is 3.67. The van der Waals surface area contributed by atoms with Gasteiger partial charge in [0.1, 0.15) is 5.54 Å². The van der Waals surface area contributed by atoms with E-state index in [-0.39, 0.29) is 10.8 Å². The summed E-state index contributed by atoms with van der Waals surface area (Å²) in [5.74, 6) is -0.579. The Kier molecular flexibility index (Phi) is 4.82. The number of aryl methyl sites for hydroxylation is 1. The highest BCUT2D eigenvalue weighted by molar-refractivity contribution is 6.30. The van der Waals surface area contributed by atoms with Crippen molar-refractivity contribution in [2.75, 3.05) is 5.32 Å². The average Bonchev–Trinajstić information content (AvgIpc) is 2.86. The molecule has 9 heteroatoms. The molecule has 1 heterocycles. The molecule has 5 nitrogen and oxygen atoms in total. The second-order valence-electron chi connectivity index (χ2n) is 5.93. The number of aromatic nitrogens is 2. The summed E-state index contributed by atoms with van der Waals surface area (Å²) in [5.41, 5.74) is -2.22. The van der Waals surface area contributed by atoms with Crippen molar-refractivity contribution in [3.05, 3.63) is 46.2 Å². The number of carbonyl (C=O) groups is 1. The summed E-state index contributed by atoms with van der Waals surface area (Å²) in [6.07, 6.45) is -3.13. The molecule has 0 aliphatic heterocycles. The Hall–Kier alpha value is -2.53. The standard InChI is InChI=1S/C16H14ClF3N4O/c1-9-8-24(23-13(9)17)15(2,3)14(25)22-11-5-4-10(7-21)12(6-11)16(18,19)20/h4-6,8H,1-3H3,(H,22,25). The maximum atomic E-state index is 13.0. The largest absolute Gasteiger partial charge is 0.417 e. The topological polar surface area (TPSA) is 70.7 Å². The van der Waals surface area contributed by atoms with Gasteiger partial charge in [0.25, 0.3) is 5.91 Å². The van der Waals surface area contributed by atoms with Crippen molar-refractivity contribution in [3.8, 4) is 6.07 Å². The van der Waals surface area contributed by atoms with Crippen molar-refractivity contribution in [2.24, 2.45) is 0 Å². The molecule has 2 aromatic rings. The van der Waals surface area contributed by atoms with Gasteiger partial charge in [-0.2, -0.15) is 23.5 Å². The molecule has 0 aliphatic rings. The molecule has 0 saturated heterocycles. The highest BCUT2D eigenvalue weighted by Gasteiger charge is 2.35. The van der Waals surface area contributed by atoms with E-state index in [1.807, 2.05) is 0 Å². The van der Waals surface area contributed by atoms with Crippen molar-refractivity contribution in [1.82, 2.24) is 9.78 Å². The van der Waals surface area contributed by atoms with Gasteiger partial charge >= 0.3 is 6.18 Å². The van der Waals surface area contributed by atoms with E-state index in [1.54, 1.807) is 27.0 Å². The number of anilines is 1. The second kappa shape index (κ2) is 6.41. The molecule has 0 fully saturated rings. The number of nitrogens with zero attached hydrogens (tertiary/aromatic N) is 3. The predicted molar refractivity (Wildman–Crippen MR) is 86.1 cm³/mol. The lowest BCUT2D eigenvalue weighted by Crippen LogP contribution is -2.40. The van der Waals surface area contributed by atoms with Crippen LogP contribution in [0.2, 0.25) is 5.15 Å². The Balaban J connectivity index is 2.33. The zero-order valence-electron chi connectivity index (χ0n) is 13.6. The van der Waals surface area contributed by atoms with Gasteiger partial charge in [-0.05, 0) is 39.0 Å². The predicted octanol–water partition coefficient (Wildman–Crippen LogP) is 4.11. The van der Waals surface area contributed by atoms with E-state index in [0.29, 0.717) is 5.56 Å². The second-order valence-corrected chi connectivity index (χ2v) is 6.29. The number of carbonyl (C=O) groups excluding carboxylic acids is 1. The van der Waals surface area contributed by atoms with Gasteiger partial charge in [0.2, 0.25) is 0 Å². The molecule has 0 spiro atoms. The molecule has 25 heavy (non-hydrogen) atoms. The maximum absolute atomic E-state index is 13.0. The number of rotatable bonds is 3. The van der Waals surface area contributed by atoms with Crippen molar-refractivity contribution < 1.29 is 18.0 Å². The number of alkyl halides is 3. The maximum Gasteiger partial charge on any atom is 0.417 e. The molecule has 132 valence electrons. The fourth-order valence-electron chi connectivity index (χ4n) is 2.07. The quantitative estimate of drug-likeness (QED) is 0.883. The van der Waals surface area contributed by atoms with E-state index in [0.717, 1.165) is 12.1 Å². The fourth-order valence-corrected chi connectivity index (χ4v) is 2.20. The summed E-state index contributed by atoms with van der Waals surface area (Å²) in [7, 11) is 0. The first-order valence-corrected chi connectivity index (χ1v) is 7.49. The van der Waals surface area contributed by atoms with Gasteiger partial charge in [-0.15, -0.1) is 0 Å². The third kappa shape index (κ3) is 3.77. The van der Waals surface area contributed by atoms with Crippen LogP contribution in [-0.2, 0) is 16.5 Å². The molecule has 1 amide bonds. The Bertz CT molecular complexity index is 846. The normalized spacial score (nSPS) is 11.9. The van der Waals surface area contributed by atoms with E-state index in [4.69, 9.17) is 16.9 Å². The minimum atomic E-state index is -4.70. The molecule has 0 saturated carbocycles. The van der Waals surface area contributed by atoms with Gasteiger partial charge < -0.3 is 5.32 Å². The SMILES string of the molecule is Cc1cn(C(C)(C)C(=O)Nc2ccc(C#N)c(C(F)(F)F)c2)nc1Cl. The molecule has 0 unspecified atom stereocenters. The molecule has 1 aromatic heterocycles. The number of hydrogen-bond acceptors (Lipinski definition) is 3. The van der Waals surface area contributed by atoms with Crippen LogP contribution in [0, 0.1) is 18.3 Å². The van der Waals surface area contributed by atoms with Crippen molar-refractivity contribution in [1.29, 1.82) is 5.26 Å². The van der Waals surface area contributed by atoms with E-state index in [2.05, 4.69) is 10.4 Å². The molecule has 0 atom stereocenters. The van der Waals surface area contributed by atoms with Crippen LogP contribution in [0.5, 0.6) is 0 Å². The minimum Gasteiger partial charge on any atom is -0.324 e. The van der Waals surface area contributed by atoms with Gasteiger partial charge in [-0.25, -0.2) is 0 Å². The number of amides is 1. The van der Waals surface area contributed by atoms with E-state index in [1.165, 1.54) is 16.8 Å². The van der Waals surface area contributed by atoms with Gasteiger partial charge in [0, 0.05) is 17.4 Å². The van der Waals surface area contributed by atoms with E-state index < -0.39 is 28.7 Å². The van der Waals surface area contributed by atoms with Gasteiger partial charge in [0.05, 0.1) is 17.2 Å². The summed E-state index contributed by atoms with van der Waals surface area (Å²) in [6.45, 7) is 4.83. The summed E-state index contributed by atoms with van der Waals surface area (Å²) >= 11 is 5.89. The molecule has 1 N–H and O–H groups in total. The van der Waals surface area contributed by atoms with Gasteiger partial charge in [-0.1, -0.05) is 11.6 Å². The number of hydrogen-bond donors (Lipinski definition) is 1. The average molecular weight is 371 g/mol. The lowest BCUT2D eigenvalue weighted by Gasteiger charge is -2.24. The Morgan fingerprint density at radius 3 is 2.48 bits per heavy atom. The van der Waals surface area contributed by atoms with Crippen LogP contribution in [0.25, 0.3) is 0 Å². The highest BCUT2D eigenvalue weighted by Crippen LogP contribution is 2.34.